The number of hydrogen-bond acceptors (Lipinski definition) is 1. The van der Waals surface area contributed by atoms with E-state index >= 15 is 0 Å². The highest BCUT2D eigenvalue weighted by atomic mass is 79.9. The monoisotopic (exact) mass is 273 g/mol. The minimum absolute atomic E-state index is 0.395. The molecule has 1 N–H and O–H groups in total. The maximum absolute atomic E-state index is 13.6. The Labute approximate surface area is 95.0 Å². The van der Waals surface area contributed by atoms with Gasteiger partial charge in [0.2, 0.25) is 0 Å². The zero-order valence-corrected chi connectivity index (χ0v) is 9.52. The van der Waals surface area contributed by atoms with Crippen LogP contribution in [0.25, 0.3) is 0 Å². The molecule has 0 spiro atoms. The van der Waals surface area contributed by atoms with Gasteiger partial charge in [-0.05, 0) is 17.7 Å². The van der Waals surface area contributed by atoms with E-state index in [1.807, 2.05) is 12.1 Å². The molecule has 2 aliphatic rings. The summed E-state index contributed by atoms with van der Waals surface area (Å²) in [5.41, 5.74) is -0.168. The zero-order chi connectivity index (χ0) is 10.7. The first-order chi connectivity index (χ1) is 7.09. The van der Waals surface area contributed by atoms with Crippen LogP contribution in [-0.2, 0) is 5.41 Å². The molecular formula is C11H10BrF2N. The van der Waals surface area contributed by atoms with Gasteiger partial charge in [-0.2, -0.15) is 0 Å². The zero-order valence-electron chi connectivity index (χ0n) is 7.93. The number of benzene rings is 1. The number of fused-ring (bicyclic) bond motifs is 1. The second-order valence-corrected chi connectivity index (χ2v) is 5.20. The molecule has 1 nitrogen and oxygen atoms in total. The Morgan fingerprint density at radius 3 is 2.47 bits per heavy atom. The third kappa shape index (κ3) is 1.04. The van der Waals surface area contributed by atoms with Crippen molar-refractivity contribution in [2.75, 3.05) is 13.1 Å². The van der Waals surface area contributed by atoms with Crippen LogP contribution in [0.4, 0.5) is 8.78 Å². The van der Waals surface area contributed by atoms with Gasteiger partial charge in [0.15, 0.2) is 0 Å². The van der Waals surface area contributed by atoms with Gasteiger partial charge in [0.05, 0.1) is 11.3 Å². The van der Waals surface area contributed by atoms with Crippen LogP contribution in [0.3, 0.4) is 0 Å². The van der Waals surface area contributed by atoms with Gasteiger partial charge in [-0.15, -0.1) is 0 Å². The Morgan fingerprint density at radius 2 is 1.93 bits per heavy atom. The molecule has 4 heteroatoms. The molecule has 1 aliphatic heterocycles. The van der Waals surface area contributed by atoms with Gasteiger partial charge in [-0.3, -0.25) is 0 Å². The van der Waals surface area contributed by atoms with Crippen molar-refractivity contribution in [3.05, 3.63) is 34.3 Å². The molecule has 1 aromatic rings. The van der Waals surface area contributed by atoms with Gasteiger partial charge in [0.1, 0.15) is 0 Å². The lowest BCUT2D eigenvalue weighted by molar-refractivity contribution is 0.0677. The van der Waals surface area contributed by atoms with Crippen LogP contribution < -0.4 is 5.32 Å². The predicted molar refractivity (Wildman–Crippen MR) is 57.1 cm³/mol. The summed E-state index contributed by atoms with van der Waals surface area (Å²) < 4.78 is 28.2. The average molecular weight is 274 g/mol. The Kier molecular flexibility index (Phi) is 1.81. The highest BCUT2D eigenvalue weighted by Gasteiger charge is 2.82. The highest BCUT2D eigenvalue weighted by Crippen LogP contribution is 2.68. The van der Waals surface area contributed by atoms with Crippen molar-refractivity contribution < 1.29 is 8.78 Å². The number of nitrogens with one attached hydrogen (secondary N) is 1. The Bertz CT molecular complexity index is 404. The van der Waals surface area contributed by atoms with Crippen LogP contribution in [0, 0.1) is 5.92 Å². The number of piperidine rings is 1. The molecule has 15 heavy (non-hydrogen) atoms. The molecular weight excluding hydrogens is 264 g/mol. The van der Waals surface area contributed by atoms with Crippen molar-refractivity contribution in [2.45, 2.75) is 11.3 Å². The van der Waals surface area contributed by atoms with Crippen LogP contribution in [0.2, 0.25) is 0 Å². The fourth-order valence-corrected chi connectivity index (χ4v) is 3.00. The van der Waals surface area contributed by atoms with E-state index in [0.717, 1.165) is 10.0 Å². The van der Waals surface area contributed by atoms with E-state index in [4.69, 9.17) is 0 Å². The molecule has 1 heterocycles. The van der Waals surface area contributed by atoms with Crippen molar-refractivity contribution in [1.82, 2.24) is 5.32 Å². The third-order valence-corrected chi connectivity index (χ3v) is 4.18. The maximum atomic E-state index is 13.6. The minimum Gasteiger partial charge on any atom is -0.315 e. The fraction of sp³-hybridized carbons (Fsp3) is 0.455. The molecule has 1 aliphatic carbocycles. The first kappa shape index (κ1) is 9.73. The predicted octanol–water partition coefficient (Wildman–Crippen LogP) is 2.56. The average Bonchev–Trinajstić information content (AvgIpc) is 2.60. The number of rotatable bonds is 1. The summed E-state index contributed by atoms with van der Waals surface area (Å²) in [4.78, 5) is 0. The standard InChI is InChI=1S/C11H10BrF2N/c12-8-3-1-7(2-4-8)10-6-15-5-9(10)11(10,13)14/h1-4,9,15H,5-6H2. The summed E-state index contributed by atoms with van der Waals surface area (Å²) in [6, 6.07) is 7.25. The largest absolute Gasteiger partial charge is 0.315 e. The van der Waals surface area contributed by atoms with Crippen LogP contribution in [-0.4, -0.2) is 19.0 Å². The summed E-state index contributed by atoms with van der Waals surface area (Å²) in [5, 5.41) is 3.04. The lowest BCUT2D eigenvalue weighted by Crippen LogP contribution is -2.28. The van der Waals surface area contributed by atoms with E-state index in [1.54, 1.807) is 12.1 Å². The Morgan fingerprint density at radius 1 is 1.27 bits per heavy atom. The van der Waals surface area contributed by atoms with Gasteiger partial charge in [0.25, 0.3) is 5.92 Å². The van der Waals surface area contributed by atoms with Gasteiger partial charge >= 0.3 is 0 Å². The quantitative estimate of drug-likeness (QED) is 0.830. The van der Waals surface area contributed by atoms with E-state index in [-0.39, 0.29) is 0 Å². The summed E-state index contributed by atoms with van der Waals surface area (Å²) in [7, 11) is 0. The molecule has 0 aromatic heterocycles. The van der Waals surface area contributed by atoms with Crippen LogP contribution in [0.15, 0.2) is 28.7 Å². The van der Waals surface area contributed by atoms with Crippen molar-refractivity contribution in [1.29, 1.82) is 0 Å². The molecule has 0 radical (unpaired) electrons. The van der Waals surface area contributed by atoms with Crippen molar-refractivity contribution >= 4 is 15.9 Å². The molecule has 0 amide bonds. The fourth-order valence-electron chi connectivity index (χ4n) is 2.73. The van der Waals surface area contributed by atoms with E-state index in [1.165, 1.54) is 0 Å². The first-order valence-electron chi connectivity index (χ1n) is 4.93. The van der Waals surface area contributed by atoms with E-state index in [2.05, 4.69) is 21.2 Å². The van der Waals surface area contributed by atoms with Crippen LogP contribution in [0.1, 0.15) is 5.56 Å². The Hall–Kier alpha value is -0.480. The SMILES string of the molecule is FC1(F)C2CNCC21c1ccc(Br)cc1. The van der Waals surface area contributed by atoms with Crippen LogP contribution >= 0.6 is 15.9 Å². The van der Waals surface area contributed by atoms with Gasteiger partial charge in [0, 0.05) is 17.6 Å². The Balaban J connectivity index is 2.04. The molecule has 2 fully saturated rings. The minimum atomic E-state index is -2.52. The van der Waals surface area contributed by atoms with Crippen molar-refractivity contribution in [3.8, 4) is 0 Å². The second kappa shape index (κ2) is 2.80. The normalized spacial score (nSPS) is 36.3. The molecule has 0 bridgehead atoms. The summed E-state index contributed by atoms with van der Waals surface area (Å²) in [6.07, 6.45) is 0. The lowest BCUT2D eigenvalue weighted by Gasteiger charge is -2.14. The van der Waals surface area contributed by atoms with Crippen molar-refractivity contribution in [2.24, 2.45) is 5.92 Å². The van der Waals surface area contributed by atoms with Crippen LogP contribution in [0.5, 0.6) is 0 Å². The summed E-state index contributed by atoms with van der Waals surface area (Å²) in [5.74, 6) is -3.03. The van der Waals surface area contributed by atoms with Gasteiger partial charge in [-0.25, -0.2) is 8.78 Å². The van der Waals surface area contributed by atoms with E-state index in [9.17, 15) is 8.78 Å². The number of hydrogen-bond donors (Lipinski definition) is 1. The third-order valence-electron chi connectivity index (χ3n) is 3.66. The molecule has 80 valence electrons. The molecule has 1 saturated heterocycles. The smallest absolute Gasteiger partial charge is 0.264 e. The van der Waals surface area contributed by atoms with Gasteiger partial charge in [-0.1, -0.05) is 28.1 Å². The topological polar surface area (TPSA) is 12.0 Å². The maximum Gasteiger partial charge on any atom is 0.264 e. The van der Waals surface area contributed by atoms with E-state index < -0.39 is 17.3 Å². The van der Waals surface area contributed by atoms with Crippen molar-refractivity contribution in [3.63, 3.8) is 0 Å². The summed E-state index contributed by atoms with van der Waals surface area (Å²) >= 11 is 3.31. The second-order valence-electron chi connectivity index (χ2n) is 4.28. The molecule has 3 rings (SSSR count). The van der Waals surface area contributed by atoms with E-state index in [0.29, 0.717) is 13.1 Å². The number of halogens is 3. The lowest BCUT2D eigenvalue weighted by atomic mass is 9.95. The molecule has 2 unspecified atom stereocenters. The highest BCUT2D eigenvalue weighted by molar-refractivity contribution is 9.10. The van der Waals surface area contributed by atoms with Gasteiger partial charge < -0.3 is 5.32 Å². The first-order valence-corrected chi connectivity index (χ1v) is 5.73. The number of alkyl halides is 2. The molecule has 1 aromatic carbocycles. The summed E-state index contributed by atoms with van der Waals surface area (Å²) in [6.45, 7) is 0.829. The molecule has 1 saturated carbocycles. The molecule has 2 atom stereocenters.